The monoisotopic (exact) mass is 737 g/mol. The predicted molar refractivity (Wildman–Crippen MR) is 203 cm³/mol. The fraction of sp³-hybridized carbons (Fsp3) is 0.615. The van der Waals surface area contributed by atoms with Crippen LogP contribution in [-0.4, -0.2) is 64.9 Å². The summed E-state index contributed by atoms with van der Waals surface area (Å²) in [6.07, 6.45) is 38.3. The molecule has 0 aliphatic rings. The first-order chi connectivity index (χ1) is 24.6. The van der Waals surface area contributed by atoms with E-state index < -0.39 is 57.6 Å². The Balaban J connectivity index is 4.08. The summed E-state index contributed by atoms with van der Waals surface area (Å²) in [5, 5.41) is 21.6. The van der Waals surface area contributed by atoms with Crippen LogP contribution < -0.4 is 5.32 Å². The van der Waals surface area contributed by atoms with Crippen molar-refractivity contribution in [1.29, 1.82) is 0 Å². The lowest BCUT2D eigenvalue weighted by Gasteiger charge is -2.18. The van der Waals surface area contributed by atoms with Crippen LogP contribution in [-0.2, 0) is 32.7 Å². The fourth-order valence-corrected chi connectivity index (χ4v) is 5.15. The first-order valence-electron chi connectivity index (χ1n) is 18.5. The van der Waals surface area contributed by atoms with Crippen LogP contribution in [0.3, 0.4) is 0 Å². The maximum absolute atomic E-state index is 12.2. The molecule has 0 aromatic rings. The number of carboxylic acid groups (broad SMARTS) is 1. The van der Waals surface area contributed by atoms with Crippen molar-refractivity contribution in [3.8, 4) is 0 Å². The number of carbonyl (C=O) groups is 3. The van der Waals surface area contributed by atoms with E-state index >= 15 is 0 Å². The van der Waals surface area contributed by atoms with E-state index in [1.165, 1.54) is 0 Å². The number of rotatable bonds is 33. The van der Waals surface area contributed by atoms with Crippen LogP contribution in [0.25, 0.3) is 0 Å². The molecule has 0 fully saturated rings. The Labute approximate surface area is 306 Å². The summed E-state index contributed by atoms with van der Waals surface area (Å²) in [7, 11) is -4.76. The van der Waals surface area contributed by atoms with Crippen molar-refractivity contribution in [2.24, 2.45) is 0 Å². The van der Waals surface area contributed by atoms with Gasteiger partial charge in [0.05, 0.1) is 13.2 Å². The molecular formula is C39H64NO10P. The zero-order chi connectivity index (χ0) is 37.8. The van der Waals surface area contributed by atoms with Crippen molar-refractivity contribution in [2.45, 2.75) is 135 Å². The van der Waals surface area contributed by atoms with Gasteiger partial charge in [-0.25, -0.2) is 9.36 Å². The van der Waals surface area contributed by atoms with E-state index in [1.807, 2.05) is 6.08 Å². The van der Waals surface area contributed by atoms with Gasteiger partial charge in [-0.1, -0.05) is 119 Å². The Hall–Kier alpha value is -3.08. The molecule has 51 heavy (non-hydrogen) atoms. The van der Waals surface area contributed by atoms with Gasteiger partial charge in [0.15, 0.2) is 6.04 Å². The van der Waals surface area contributed by atoms with Gasteiger partial charge in [-0.2, -0.15) is 0 Å². The molecule has 0 saturated heterocycles. The fourth-order valence-electron chi connectivity index (χ4n) is 4.37. The van der Waals surface area contributed by atoms with Crippen molar-refractivity contribution < 1.29 is 47.8 Å². The van der Waals surface area contributed by atoms with Crippen LogP contribution in [0.5, 0.6) is 0 Å². The van der Waals surface area contributed by atoms with Gasteiger partial charge in [0.2, 0.25) is 5.91 Å². The van der Waals surface area contributed by atoms with E-state index in [2.05, 4.69) is 86.0 Å². The average molecular weight is 738 g/mol. The number of aliphatic carboxylic acids is 1. The number of ether oxygens (including phenoxy) is 1. The number of nitrogens with one attached hydrogen (secondary N) is 1. The summed E-state index contributed by atoms with van der Waals surface area (Å²) in [5.74, 6) is -2.46. The quantitative estimate of drug-likeness (QED) is 0.0221. The van der Waals surface area contributed by atoms with Gasteiger partial charge in [0.25, 0.3) is 0 Å². The summed E-state index contributed by atoms with van der Waals surface area (Å²) < 4.78 is 26.5. The second-order valence-corrected chi connectivity index (χ2v) is 13.5. The highest BCUT2D eigenvalue weighted by molar-refractivity contribution is 7.47. The second kappa shape index (κ2) is 34.0. The van der Waals surface area contributed by atoms with E-state index in [9.17, 15) is 34.1 Å². The van der Waals surface area contributed by atoms with Crippen LogP contribution in [0, 0.1) is 0 Å². The van der Waals surface area contributed by atoms with E-state index in [4.69, 9.17) is 13.8 Å². The zero-order valence-corrected chi connectivity index (χ0v) is 31.8. The third-order valence-corrected chi connectivity index (χ3v) is 8.21. The van der Waals surface area contributed by atoms with Gasteiger partial charge in [-0.15, -0.1) is 0 Å². The van der Waals surface area contributed by atoms with Gasteiger partial charge in [-0.05, 0) is 64.2 Å². The first-order valence-corrected chi connectivity index (χ1v) is 20.0. The summed E-state index contributed by atoms with van der Waals surface area (Å²) >= 11 is 0. The summed E-state index contributed by atoms with van der Waals surface area (Å²) in [5.41, 5.74) is 0. The van der Waals surface area contributed by atoms with Crippen molar-refractivity contribution in [3.05, 3.63) is 72.9 Å². The molecule has 0 heterocycles. The third kappa shape index (κ3) is 33.8. The standard InChI is InChI=1S/C39H64NO10P/c1-3-5-7-9-11-12-13-14-15-16-17-18-19-20-21-22-23-24-25-26-28-30-37(42)40-36(39(44)45)34-50-51(46,47)49-33-35(41)32-48-38(43)31-29-27-10-8-6-4-2/h5,7,11-12,14-15,17-18,20-21,23-24,35-36,41H,3-4,6,8-10,13,16,19,22,25-34H2,1-2H3,(H,40,42)(H,44,45)(H,46,47)/b7-5-,12-11-,15-14-,18-17-,21-20-,24-23-. The highest BCUT2D eigenvalue weighted by Gasteiger charge is 2.28. The Morgan fingerprint density at radius 1 is 0.647 bits per heavy atom. The molecule has 1 amide bonds. The Kier molecular flexibility index (Phi) is 32.0. The number of unbranched alkanes of at least 4 members (excludes halogenated alkanes) is 7. The normalized spacial score (nSPS) is 14.7. The van der Waals surface area contributed by atoms with Crippen LogP contribution in [0.2, 0.25) is 0 Å². The van der Waals surface area contributed by atoms with Crippen molar-refractivity contribution >= 4 is 25.7 Å². The molecule has 3 unspecified atom stereocenters. The first kappa shape index (κ1) is 47.9. The maximum atomic E-state index is 12.2. The number of phosphoric ester groups is 1. The third-order valence-electron chi connectivity index (χ3n) is 7.26. The Morgan fingerprint density at radius 3 is 1.69 bits per heavy atom. The van der Waals surface area contributed by atoms with Gasteiger partial charge < -0.3 is 25.2 Å². The van der Waals surface area contributed by atoms with Crippen LogP contribution >= 0.6 is 7.82 Å². The number of aliphatic hydroxyl groups is 1. The minimum absolute atomic E-state index is 0.0868. The number of carboxylic acids is 1. The molecule has 0 aromatic heterocycles. The summed E-state index contributed by atoms with van der Waals surface area (Å²) in [6, 6.07) is -1.57. The maximum Gasteiger partial charge on any atom is 0.472 e. The van der Waals surface area contributed by atoms with Crippen molar-refractivity contribution in [1.82, 2.24) is 5.32 Å². The Bertz CT molecular complexity index is 1140. The molecule has 0 aliphatic carbocycles. The minimum atomic E-state index is -4.76. The van der Waals surface area contributed by atoms with Gasteiger partial charge in [-0.3, -0.25) is 18.6 Å². The van der Waals surface area contributed by atoms with Gasteiger partial charge in [0.1, 0.15) is 12.7 Å². The largest absolute Gasteiger partial charge is 0.480 e. The highest BCUT2D eigenvalue weighted by atomic mass is 31.2. The summed E-state index contributed by atoms with van der Waals surface area (Å²) in [4.78, 5) is 45.5. The molecule has 0 aromatic carbocycles. The van der Waals surface area contributed by atoms with Crippen molar-refractivity contribution in [3.63, 3.8) is 0 Å². The van der Waals surface area contributed by atoms with Crippen LogP contribution in [0.15, 0.2) is 72.9 Å². The number of aliphatic hydroxyl groups excluding tert-OH is 1. The molecule has 0 bridgehead atoms. The molecule has 0 aliphatic heterocycles. The number of carbonyl (C=O) groups excluding carboxylic acids is 2. The number of phosphoric acid groups is 1. The van der Waals surface area contributed by atoms with Gasteiger partial charge in [0, 0.05) is 12.8 Å². The molecule has 11 nitrogen and oxygen atoms in total. The minimum Gasteiger partial charge on any atom is -0.480 e. The molecule has 0 spiro atoms. The van der Waals surface area contributed by atoms with E-state index in [-0.39, 0.29) is 12.8 Å². The number of esters is 1. The smallest absolute Gasteiger partial charge is 0.472 e. The lowest BCUT2D eigenvalue weighted by Crippen LogP contribution is -2.43. The number of hydrogen-bond donors (Lipinski definition) is 4. The van der Waals surface area contributed by atoms with E-state index in [0.29, 0.717) is 12.8 Å². The number of hydrogen-bond acceptors (Lipinski definition) is 8. The topological polar surface area (TPSA) is 169 Å². The molecule has 4 N–H and O–H groups in total. The van der Waals surface area contributed by atoms with Crippen molar-refractivity contribution in [2.75, 3.05) is 19.8 Å². The lowest BCUT2D eigenvalue weighted by atomic mass is 10.1. The molecule has 290 valence electrons. The van der Waals surface area contributed by atoms with Crippen LogP contribution in [0.4, 0.5) is 0 Å². The molecule has 0 rings (SSSR count). The summed E-state index contributed by atoms with van der Waals surface area (Å²) in [6.45, 7) is 2.32. The molecule has 0 saturated carbocycles. The number of amides is 1. The SMILES string of the molecule is CC/C=C\C/C=C\C/C=C\C/C=C\C/C=C\C/C=C\CCCCC(=O)NC(COP(=O)(O)OCC(O)COC(=O)CCCCCCCC)C(=O)O. The molecule has 12 heteroatoms. The zero-order valence-electron chi connectivity index (χ0n) is 30.9. The molecule has 3 atom stereocenters. The van der Waals surface area contributed by atoms with Gasteiger partial charge >= 0.3 is 19.8 Å². The second-order valence-electron chi connectivity index (χ2n) is 12.0. The van der Waals surface area contributed by atoms with Crippen LogP contribution in [0.1, 0.15) is 123 Å². The predicted octanol–water partition coefficient (Wildman–Crippen LogP) is 8.60. The lowest BCUT2D eigenvalue weighted by molar-refractivity contribution is -0.147. The number of allylic oxidation sites excluding steroid dienone is 12. The molecule has 0 radical (unpaired) electrons. The average Bonchev–Trinajstić information content (AvgIpc) is 3.10. The molecular weight excluding hydrogens is 673 g/mol. The highest BCUT2D eigenvalue weighted by Crippen LogP contribution is 2.43. The Morgan fingerprint density at radius 2 is 1.14 bits per heavy atom. The van der Waals surface area contributed by atoms with E-state index in [1.54, 1.807) is 0 Å². The van der Waals surface area contributed by atoms with E-state index in [0.717, 1.165) is 83.5 Å².